The molecule has 20 heavy (non-hydrogen) atoms. The minimum Gasteiger partial charge on any atom is -0.437 e. The predicted molar refractivity (Wildman–Crippen MR) is 76.6 cm³/mol. The van der Waals surface area contributed by atoms with Crippen molar-refractivity contribution in [2.45, 2.75) is 20.3 Å². The smallest absolute Gasteiger partial charge is 0.227 e. The number of amides is 1. The molecule has 2 heterocycles. The van der Waals surface area contributed by atoms with E-state index in [0.29, 0.717) is 17.3 Å². The third kappa shape index (κ3) is 3.78. The molecule has 0 aliphatic carbocycles. The third-order valence-electron chi connectivity index (χ3n) is 2.92. The molecule has 0 radical (unpaired) electrons. The molecule has 0 aliphatic heterocycles. The fourth-order valence-corrected chi connectivity index (χ4v) is 1.49. The Morgan fingerprint density at radius 1 is 1.35 bits per heavy atom. The summed E-state index contributed by atoms with van der Waals surface area (Å²) in [5.41, 5.74) is 0.661. The maximum Gasteiger partial charge on any atom is 0.227 e. The van der Waals surface area contributed by atoms with Gasteiger partial charge in [0.05, 0.1) is 18.1 Å². The molecule has 0 bridgehead atoms. The Kier molecular flexibility index (Phi) is 4.65. The number of hydrogen-bond donors (Lipinski definition) is 1. The van der Waals surface area contributed by atoms with E-state index in [0.717, 1.165) is 6.42 Å². The van der Waals surface area contributed by atoms with Crippen LogP contribution < -0.4 is 10.1 Å². The molecule has 2 rings (SSSR count). The Bertz CT molecular complexity index is 555. The average molecular weight is 271 g/mol. The van der Waals surface area contributed by atoms with Gasteiger partial charge in [-0.2, -0.15) is 0 Å². The van der Waals surface area contributed by atoms with Crippen molar-refractivity contribution in [1.29, 1.82) is 0 Å². The molecule has 0 saturated heterocycles. The van der Waals surface area contributed by atoms with E-state index in [1.807, 2.05) is 13.8 Å². The van der Waals surface area contributed by atoms with Crippen molar-refractivity contribution in [3.05, 3.63) is 42.9 Å². The van der Waals surface area contributed by atoms with Crippen molar-refractivity contribution in [3.63, 3.8) is 0 Å². The van der Waals surface area contributed by atoms with E-state index < -0.39 is 0 Å². The first kappa shape index (κ1) is 14.0. The molecule has 5 heteroatoms. The number of pyridine rings is 2. The summed E-state index contributed by atoms with van der Waals surface area (Å²) in [5, 5.41) is 2.81. The molecule has 0 spiro atoms. The van der Waals surface area contributed by atoms with Gasteiger partial charge in [-0.3, -0.25) is 9.78 Å². The Labute approximate surface area is 118 Å². The van der Waals surface area contributed by atoms with Crippen LogP contribution in [-0.4, -0.2) is 15.9 Å². The molecule has 5 nitrogen and oxygen atoms in total. The first-order valence-electron chi connectivity index (χ1n) is 6.54. The van der Waals surface area contributed by atoms with Gasteiger partial charge in [-0.1, -0.05) is 13.8 Å². The number of nitrogens with one attached hydrogen (secondary N) is 1. The molecule has 0 unspecified atom stereocenters. The van der Waals surface area contributed by atoms with Crippen LogP contribution in [0.3, 0.4) is 0 Å². The normalized spacial score (nSPS) is 11.7. The highest BCUT2D eigenvalue weighted by Gasteiger charge is 2.10. The molecular formula is C15H17N3O2. The second kappa shape index (κ2) is 6.65. The standard InChI is InChI=1S/C15H17N3O2/c1-3-11(2)15(19)18-12-6-7-14(17-9-12)20-13-5-4-8-16-10-13/h4-11H,3H2,1-2H3,(H,18,19)/t11-/m0/s1. The Morgan fingerprint density at radius 3 is 2.80 bits per heavy atom. The van der Waals surface area contributed by atoms with Crippen LogP contribution in [0.25, 0.3) is 0 Å². The molecule has 0 aliphatic rings. The van der Waals surface area contributed by atoms with Gasteiger partial charge in [0.1, 0.15) is 5.75 Å². The first-order chi connectivity index (χ1) is 9.69. The maximum atomic E-state index is 11.7. The van der Waals surface area contributed by atoms with Gasteiger partial charge in [0, 0.05) is 18.2 Å². The molecule has 104 valence electrons. The van der Waals surface area contributed by atoms with Gasteiger partial charge in [0.2, 0.25) is 11.8 Å². The molecule has 0 aromatic carbocycles. The van der Waals surface area contributed by atoms with E-state index in [-0.39, 0.29) is 11.8 Å². The zero-order valence-corrected chi connectivity index (χ0v) is 11.5. The highest BCUT2D eigenvalue weighted by molar-refractivity contribution is 5.92. The van der Waals surface area contributed by atoms with Gasteiger partial charge in [-0.05, 0) is 24.6 Å². The van der Waals surface area contributed by atoms with Crippen LogP contribution in [0.2, 0.25) is 0 Å². The van der Waals surface area contributed by atoms with Crippen LogP contribution in [0.1, 0.15) is 20.3 Å². The van der Waals surface area contributed by atoms with Gasteiger partial charge >= 0.3 is 0 Å². The summed E-state index contributed by atoms with van der Waals surface area (Å²) in [6.07, 6.45) is 5.67. The first-order valence-corrected chi connectivity index (χ1v) is 6.54. The molecule has 1 amide bonds. The Hall–Kier alpha value is -2.43. The van der Waals surface area contributed by atoms with Crippen molar-refractivity contribution in [3.8, 4) is 11.6 Å². The SMILES string of the molecule is CC[C@H](C)C(=O)Nc1ccc(Oc2cccnc2)nc1. The summed E-state index contributed by atoms with van der Waals surface area (Å²) >= 11 is 0. The summed E-state index contributed by atoms with van der Waals surface area (Å²) in [7, 11) is 0. The van der Waals surface area contributed by atoms with Crippen molar-refractivity contribution in [2.75, 3.05) is 5.32 Å². The molecule has 2 aromatic heterocycles. The van der Waals surface area contributed by atoms with Crippen molar-refractivity contribution in [2.24, 2.45) is 5.92 Å². The van der Waals surface area contributed by atoms with Crippen molar-refractivity contribution < 1.29 is 9.53 Å². The molecular weight excluding hydrogens is 254 g/mol. The molecule has 0 fully saturated rings. The number of carbonyl (C=O) groups excluding carboxylic acids is 1. The summed E-state index contributed by atoms with van der Waals surface area (Å²) in [4.78, 5) is 19.8. The van der Waals surface area contributed by atoms with Crippen LogP contribution in [0.4, 0.5) is 5.69 Å². The van der Waals surface area contributed by atoms with Crippen LogP contribution in [0.15, 0.2) is 42.9 Å². The molecule has 2 aromatic rings. The number of anilines is 1. The van der Waals surface area contributed by atoms with Crippen LogP contribution >= 0.6 is 0 Å². The molecule has 0 saturated carbocycles. The Balaban J connectivity index is 1.98. The molecule has 1 N–H and O–H groups in total. The fourth-order valence-electron chi connectivity index (χ4n) is 1.49. The summed E-state index contributed by atoms with van der Waals surface area (Å²) in [6, 6.07) is 7.06. The largest absolute Gasteiger partial charge is 0.437 e. The minimum absolute atomic E-state index is 0.00442. The lowest BCUT2D eigenvalue weighted by molar-refractivity contribution is -0.119. The van der Waals surface area contributed by atoms with Gasteiger partial charge in [0.25, 0.3) is 0 Å². The monoisotopic (exact) mass is 271 g/mol. The zero-order valence-electron chi connectivity index (χ0n) is 11.5. The minimum atomic E-state index is -0.0127. The van der Waals surface area contributed by atoms with Crippen molar-refractivity contribution >= 4 is 11.6 Å². The van der Waals surface area contributed by atoms with E-state index in [1.165, 1.54) is 0 Å². The van der Waals surface area contributed by atoms with Crippen LogP contribution in [0.5, 0.6) is 11.6 Å². The lowest BCUT2D eigenvalue weighted by Gasteiger charge is -2.10. The molecule has 1 atom stereocenters. The second-order valence-corrected chi connectivity index (χ2v) is 4.47. The quantitative estimate of drug-likeness (QED) is 0.906. The number of rotatable bonds is 5. The van der Waals surface area contributed by atoms with E-state index in [4.69, 9.17) is 4.74 Å². The number of nitrogens with zero attached hydrogens (tertiary/aromatic N) is 2. The van der Waals surface area contributed by atoms with Gasteiger partial charge < -0.3 is 10.1 Å². The van der Waals surface area contributed by atoms with Crippen LogP contribution in [-0.2, 0) is 4.79 Å². The van der Waals surface area contributed by atoms with E-state index in [1.54, 1.807) is 42.9 Å². The zero-order chi connectivity index (χ0) is 14.4. The number of aromatic nitrogens is 2. The van der Waals surface area contributed by atoms with E-state index >= 15 is 0 Å². The van der Waals surface area contributed by atoms with Crippen molar-refractivity contribution in [1.82, 2.24) is 9.97 Å². The summed E-state index contributed by atoms with van der Waals surface area (Å²) in [5.74, 6) is 1.06. The summed E-state index contributed by atoms with van der Waals surface area (Å²) < 4.78 is 5.52. The predicted octanol–water partition coefficient (Wildman–Crippen LogP) is 3.25. The highest BCUT2D eigenvalue weighted by atomic mass is 16.5. The lowest BCUT2D eigenvalue weighted by atomic mass is 10.1. The van der Waals surface area contributed by atoms with Crippen LogP contribution in [0, 0.1) is 5.92 Å². The van der Waals surface area contributed by atoms with E-state index in [9.17, 15) is 4.79 Å². The topological polar surface area (TPSA) is 64.1 Å². The lowest BCUT2D eigenvalue weighted by Crippen LogP contribution is -2.19. The number of ether oxygens (including phenoxy) is 1. The highest BCUT2D eigenvalue weighted by Crippen LogP contribution is 2.19. The van der Waals surface area contributed by atoms with E-state index in [2.05, 4.69) is 15.3 Å². The second-order valence-electron chi connectivity index (χ2n) is 4.47. The third-order valence-corrected chi connectivity index (χ3v) is 2.92. The van der Waals surface area contributed by atoms with Gasteiger partial charge in [-0.15, -0.1) is 0 Å². The summed E-state index contributed by atoms with van der Waals surface area (Å²) in [6.45, 7) is 3.87. The number of carbonyl (C=O) groups is 1. The fraction of sp³-hybridized carbons (Fsp3) is 0.267. The Morgan fingerprint density at radius 2 is 2.20 bits per heavy atom. The maximum absolute atomic E-state index is 11.7. The average Bonchev–Trinajstić information content (AvgIpc) is 2.49. The van der Waals surface area contributed by atoms with Gasteiger partial charge in [-0.25, -0.2) is 4.98 Å². The number of hydrogen-bond acceptors (Lipinski definition) is 4. The van der Waals surface area contributed by atoms with Gasteiger partial charge in [0.15, 0.2) is 0 Å².